The van der Waals surface area contributed by atoms with Crippen LogP contribution < -0.4 is 4.90 Å². The van der Waals surface area contributed by atoms with Crippen molar-refractivity contribution < 1.29 is 5.11 Å². The molecule has 0 bridgehead atoms. The first-order chi connectivity index (χ1) is 7.15. The van der Waals surface area contributed by atoms with E-state index in [1.54, 1.807) is 6.20 Å². The van der Waals surface area contributed by atoms with E-state index in [1.807, 2.05) is 33.3 Å². The molecule has 0 aromatic carbocycles. The number of rotatable bonds is 5. The molecule has 4 heteroatoms. The van der Waals surface area contributed by atoms with Crippen LogP contribution >= 0.6 is 0 Å². The van der Waals surface area contributed by atoms with E-state index in [0.717, 1.165) is 24.5 Å². The van der Waals surface area contributed by atoms with Gasteiger partial charge in [0, 0.05) is 31.9 Å². The molecule has 0 saturated carbocycles. The quantitative estimate of drug-likeness (QED) is 0.769. The second-order valence-corrected chi connectivity index (χ2v) is 3.87. The minimum atomic E-state index is 0.0372. The summed E-state index contributed by atoms with van der Waals surface area (Å²) in [6.45, 7) is 1.91. The molecular weight excluding hydrogens is 190 g/mol. The fourth-order valence-corrected chi connectivity index (χ4v) is 1.35. The third-order valence-electron chi connectivity index (χ3n) is 2.28. The summed E-state index contributed by atoms with van der Waals surface area (Å²) in [5.74, 6) is 0.863. The van der Waals surface area contributed by atoms with Crippen LogP contribution in [0.5, 0.6) is 0 Å². The third kappa shape index (κ3) is 3.49. The molecule has 4 nitrogen and oxygen atoms in total. The third-order valence-corrected chi connectivity index (χ3v) is 2.28. The predicted octanol–water partition coefficient (Wildman–Crippen LogP) is 0.572. The van der Waals surface area contributed by atoms with Crippen molar-refractivity contribution in [3.8, 4) is 0 Å². The molecule has 0 unspecified atom stereocenters. The average molecular weight is 209 g/mol. The molecule has 0 fully saturated rings. The van der Waals surface area contributed by atoms with Gasteiger partial charge in [-0.3, -0.25) is 0 Å². The van der Waals surface area contributed by atoms with Crippen LogP contribution in [0.15, 0.2) is 18.3 Å². The molecule has 0 radical (unpaired) electrons. The molecule has 0 aliphatic heterocycles. The lowest BCUT2D eigenvalue weighted by molar-refractivity contribution is 0.281. The van der Waals surface area contributed by atoms with Gasteiger partial charge in [-0.15, -0.1) is 0 Å². The number of hydrogen-bond donors (Lipinski definition) is 1. The van der Waals surface area contributed by atoms with Gasteiger partial charge in [0.05, 0.1) is 6.61 Å². The smallest absolute Gasteiger partial charge is 0.133 e. The van der Waals surface area contributed by atoms with Gasteiger partial charge in [-0.05, 0) is 20.2 Å². The number of aromatic nitrogens is 1. The van der Waals surface area contributed by atoms with Gasteiger partial charge in [0.1, 0.15) is 5.82 Å². The number of aliphatic hydroxyl groups is 1. The Labute approximate surface area is 91.2 Å². The van der Waals surface area contributed by atoms with Crippen molar-refractivity contribution in [2.24, 2.45) is 0 Å². The number of pyridine rings is 1. The highest BCUT2D eigenvalue weighted by Crippen LogP contribution is 2.14. The number of aliphatic hydroxyl groups excluding tert-OH is 1. The Balaban J connectivity index is 2.68. The van der Waals surface area contributed by atoms with Crippen LogP contribution in [0.4, 0.5) is 5.82 Å². The lowest BCUT2D eigenvalue weighted by Gasteiger charge is -2.22. The van der Waals surface area contributed by atoms with E-state index < -0.39 is 0 Å². The largest absolute Gasteiger partial charge is 0.392 e. The molecule has 84 valence electrons. The van der Waals surface area contributed by atoms with Crippen LogP contribution in [-0.4, -0.2) is 49.2 Å². The van der Waals surface area contributed by atoms with E-state index in [-0.39, 0.29) is 6.61 Å². The molecular formula is C11H19N3O. The van der Waals surface area contributed by atoms with Crippen molar-refractivity contribution in [2.45, 2.75) is 6.61 Å². The molecule has 1 aromatic heterocycles. The van der Waals surface area contributed by atoms with Crippen LogP contribution in [0, 0.1) is 0 Å². The standard InChI is InChI=1S/C11H19N3O/c1-13(2)7-8-14(3)11-10(9-15)5-4-6-12-11/h4-6,15H,7-9H2,1-3H3. The van der Waals surface area contributed by atoms with Crippen molar-refractivity contribution in [2.75, 3.05) is 39.1 Å². The summed E-state index contributed by atoms with van der Waals surface area (Å²) < 4.78 is 0. The van der Waals surface area contributed by atoms with E-state index in [4.69, 9.17) is 5.11 Å². The van der Waals surface area contributed by atoms with Crippen molar-refractivity contribution in [1.82, 2.24) is 9.88 Å². The normalized spacial score (nSPS) is 10.7. The highest BCUT2D eigenvalue weighted by atomic mass is 16.3. The van der Waals surface area contributed by atoms with Crippen LogP contribution in [0.25, 0.3) is 0 Å². The number of likely N-dealkylation sites (N-methyl/N-ethyl adjacent to an activating group) is 2. The zero-order chi connectivity index (χ0) is 11.3. The fraction of sp³-hybridized carbons (Fsp3) is 0.545. The van der Waals surface area contributed by atoms with Gasteiger partial charge in [0.15, 0.2) is 0 Å². The topological polar surface area (TPSA) is 39.6 Å². The zero-order valence-corrected chi connectivity index (χ0v) is 9.64. The molecule has 1 rings (SSSR count). The number of hydrogen-bond acceptors (Lipinski definition) is 4. The van der Waals surface area contributed by atoms with Gasteiger partial charge in [-0.1, -0.05) is 6.07 Å². The average Bonchev–Trinajstić information content (AvgIpc) is 2.25. The Kier molecular flexibility index (Phi) is 4.52. The summed E-state index contributed by atoms with van der Waals surface area (Å²) in [7, 11) is 6.07. The molecule has 1 heterocycles. The monoisotopic (exact) mass is 209 g/mol. The summed E-state index contributed by atoms with van der Waals surface area (Å²) in [5.41, 5.74) is 0.874. The van der Waals surface area contributed by atoms with Crippen molar-refractivity contribution in [1.29, 1.82) is 0 Å². The SMILES string of the molecule is CN(C)CCN(C)c1ncccc1CO. The molecule has 15 heavy (non-hydrogen) atoms. The van der Waals surface area contributed by atoms with Crippen LogP contribution in [0.1, 0.15) is 5.56 Å². The molecule has 0 atom stereocenters. The van der Waals surface area contributed by atoms with Gasteiger partial charge >= 0.3 is 0 Å². The van der Waals surface area contributed by atoms with Gasteiger partial charge in [-0.2, -0.15) is 0 Å². The maximum Gasteiger partial charge on any atom is 0.133 e. The Morgan fingerprint density at radius 3 is 2.60 bits per heavy atom. The van der Waals surface area contributed by atoms with Crippen molar-refractivity contribution in [3.05, 3.63) is 23.9 Å². The maximum absolute atomic E-state index is 9.17. The van der Waals surface area contributed by atoms with Crippen molar-refractivity contribution in [3.63, 3.8) is 0 Å². The minimum Gasteiger partial charge on any atom is -0.392 e. The highest BCUT2D eigenvalue weighted by molar-refractivity contribution is 5.45. The summed E-state index contributed by atoms with van der Waals surface area (Å²) in [6.07, 6.45) is 1.75. The molecule has 0 saturated heterocycles. The van der Waals surface area contributed by atoms with Crippen LogP contribution in [0.2, 0.25) is 0 Å². The van der Waals surface area contributed by atoms with Crippen molar-refractivity contribution >= 4 is 5.82 Å². The molecule has 0 spiro atoms. The zero-order valence-electron chi connectivity index (χ0n) is 9.64. The van der Waals surface area contributed by atoms with Gasteiger partial charge in [-0.25, -0.2) is 4.98 Å². The molecule has 1 aromatic rings. The summed E-state index contributed by atoms with van der Waals surface area (Å²) in [6, 6.07) is 3.74. The first kappa shape index (κ1) is 11.9. The van der Waals surface area contributed by atoms with Crippen LogP contribution in [0.3, 0.4) is 0 Å². The van der Waals surface area contributed by atoms with E-state index in [9.17, 15) is 0 Å². The fourth-order valence-electron chi connectivity index (χ4n) is 1.35. The first-order valence-corrected chi connectivity index (χ1v) is 5.05. The molecule has 0 aliphatic carbocycles. The first-order valence-electron chi connectivity index (χ1n) is 5.05. The Bertz CT molecular complexity index is 302. The minimum absolute atomic E-state index is 0.0372. The van der Waals surface area contributed by atoms with Crippen LogP contribution in [-0.2, 0) is 6.61 Å². The summed E-state index contributed by atoms with van der Waals surface area (Å²) in [4.78, 5) is 8.46. The predicted molar refractivity (Wildman–Crippen MR) is 62.0 cm³/mol. The lowest BCUT2D eigenvalue weighted by atomic mass is 10.2. The second kappa shape index (κ2) is 5.68. The van der Waals surface area contributed by atoms with E-state index in [0.29, 0.717) is 0 Å². The molecule has 0 amide bonds. The van der Waals surface area contributed by atoms with Gasteiger partial charge in [0.25, 0.3) is 0 Å². The Morgan fingerprint density at radius 1 is 1.27 bits per heavy atom. The van der Waals surface area contributed by atoms with E-state index in [2.05, 4.69) is 14.8 Å². The Hall–Kier alpha value is -1.13. The summed E-state index contributed by atoms with van der Waals surface area (Å²) in [5, 5.41) is 9.17. The van der Waals surface area contributed by atoms with E-state index >= 15 is 0 Å². The highest BCUT2D eigenvalue weighted by Gasteiger charge is 2.07. The van der Waals surface area contributed by atoms with E-state index in [1.165, 1.54) is 0 Å². The second-order valence-electron chi connectivity index (χ2n) is 3.87. The molecule has 0 aliphatic rings. The summed E-state index contributed by atoms with van der Waals surface area (Å²) >= 11 is 0. The maximum atomic E-state index is 9.17. The Morgan fingerprint density at radius 2 is 2.00 bits per heavy atom. The van der Waals surface area contributed by atoms with Gasteiger partial charge < -0.3 is 14.9 Å². The number of anilines is 1. The van der Waals surface area contributed by atoms with Gasteiger partial charge in [0.2, 0.25) is 0 Å². The lowest BCUT2D eigenvalue weighted by Crippen LogP contribution is -2.29. The number of nitrogens with zero attached hydrogens (tertiary/aromatic N) is 3. The molecule has 1 N–H and O–H groups in total.